The van der Waals surface area contributed by atoms with Gasteiger partial charge in [0.15, 0.2) is 0 Å². The van der Waals surface area contributed by atoms with Gasteiger partial charge < -0.3 is 4.57 Å². The predicted molar refractivity (Wildman–Crippen MR) is 86.6 cm³/mol. The third kappa shape index (κ3) is 2.68. The van der Waals surface area contributed by atoms with Crippen molar-refractivity contribution in [2.24, 2.45) is 7.05 Å². The quantitative estimate of drug-likeness (QED) is 0.816. The molecule has 0 atom stereocenters. The van der Waals surface area contributed by atoms with Crippen molar-refractivity contribution in [2.75, 3.05) is 6.26 Å². The van der Waals surface area contributed by atoms with Crippen LogP contribution in [0, 0.1) is 13.8 Å². The molecule has 2 aromatic rings. The molecular weight excluding hydrogens is 270 g/mol. The lowest BCUT2D eigenvalue weighted by Crippen LogP contribution is -2.21. The summed E-state index contributed by atoms with van der Waals surface area (Å²) in [7, 11) is 1.81. The van der Waals surface area contributed by atoms with Gasteiger partial charge in [0.25, 0.3) is 5.56 Å². The van der Waals surface area contributed by atoms with E-state index in [1.807, 2.05) is 36.9 Å². The lowest BCUT2D eigenvalue weighted by Gasteiger charge is -2.10. The van der Waals surface area contributed by atoms with Gasteiger partial charge in [-0.3, -0.25) is 9.48 Å². The van der Waals surface area contributed by atoms with E-state index in [-0.39, 0.29) is 13.0 Å². The molecule has 110 valence electrons. The molecule has 0 aliphatic rings. The molecule has 0 aromatic carbocycles. The van der Waals surface area contributed by atoms with Crippen molar-refractivity contribution in [1.29, 1.82) is 0 Å². The first-order valence-corrected chi connectivity index (χ1v) is 7.51. The topological polar surface area (TPSA) is 39.8 Å². The minimum atomic E-state index is 0. The van der Waals surface area contributed by atoms with Gasteiger partial charge in [-0.1, -0.05) is 7.43 Å². The molecule has 5 heteroatoms. The molecule has 0 aliphatic carbocycles. The molecule has 0 saturated carbocycles. The molecule has 2 rings (SSSR count). The fourth-order valence-electron chi connectivity index (χ4n) is 2.37. The molecule has 0 unspecified atom stereocenters. The zero-order chi connectivity index (χ0) is 14.2. The average molecular weight is 293 g/mol. The van der Waals surface area contributed by atoms with Crippen molar-refractivity contribution >= 4 is 11.8 Å². The number of aromatic nitrogens is 3. The van der Waals surface area contributed by atoms with Crippen LogP contribution in [0.2, 0.25) is 0 Å². The van der Waals surface area contributed by atoms with E-state index in [1.165, 1.54) is 0 Å². The third-order valence-electron chi connectivity index (χ3n) is 3.28. The van der Waals surface area contributed by atoms with E-state index in [0.717, 1.165) is 34.1 Å². The molecule has 4 nitrogen and oxygen atoms in total. The summed E-state index contributed by atoms with van der Waals surface area (Å²) in [5.41, 5.74) is 3.65. The van der Waals surface area contributed by atoms with Crippen LogP contribution >= 0.6 is 11.8 Å². The Morgan fingerprint density at radius 1 is 1.25 bits per heavy atom. The largest absolute Gasteiger partial charge is 0.309 e. The molecule has 0 saturated heterocycles. The third-order valence-corrected chi connectivity index (χ3v) is 4.03. The van der Waals surface area contributed by atoms with Gasteiger partial charge in [-0.2, -0.15) is 5.10 Å². The van der Waals surface area contributed by atoms with Gasteiger partial charge in [0.2, 0.25) is 0 Å². The van der Waals surface area contributed by atoms with Gasteiger partial charge in [-0.05, 0) is 44.7 Å². The van der Waals surface area contributed by atoms with Crippen LogP contribution in [0.15, 0.2) is 22.0 Å². The summed E-state index contributed by atoms with van der Waals surface area (Å²) >= 11 is 1.67. The Morgan fingerprint density at radius 3 is 2.40 bits per heavy atom. The highest BCUT2D eigenvalue weighted by atomic mass is 32.2. The SMILES string of the molecule is C.CCn1nc(-c2c(C)cc(C)c(=O)n2C)cc1SC. The van der Waals surface area contributed by atoms with E-state index in [4.69, 9.17) is 0 Å². The van der Waals surface area contributed by atoms with Crippen LogP contribution in [0.3, 0.4) is 0 Å². The van der Waals surface area contributed by atoms with E-state index in [2.05, 4.69) is 12.0 Å². The Hall–Kier alpha value is -1.49. The lowest BCUT2D eigenvalue weighted by molar-refractivity contribution is 0.606. The summed E-state index contributed by atoms with van der Waals surface area (Å²) in [6, 6.07) is 3.98. The molecule has 2 heterocycles. The molecule has 0 aliphatic heterocycles. The molecule has 20 heavy (non-hydrogen) atoms. The zero-order valence-electron chi connectivity index (χ0n) is 12.0. The Kier molecular flexibility index (Phi) is 5.22. The standard InChI is InChI=1S/C14H19N3OS.CH4/c1-6-17-12(19-5)8-11(15-17)13-9(2)7-10(3)14(18)16(13)4;/h7-8H,6H2,1-5H3;1H4. The van der Waals surface area contributed by atoms with E-state index in [1.54, 1.807) is 23.4 Å². The normalized spacial score (nSPS) is 10.4. The summed E-state index contributed by atoms with van der Waals surface area (Å²) < 4.78 is 3.65. The Bertz CT molecular complexity index is 649. The number of nitrogens with zero attached hydrogens (tertiary/aromatic N) is 3. The fraction of sp³-hybridized carbons (Fsp3) is 0.467. The summed E-state index contributed by atoms with van der Waals surface area (Å²) in [6.07, 6.45) is 2.04. The number of hydrogen-bond donors (Lipinski definition) is 0. The number of hydrogen-bond acceptors (Lipinski definition) is 3. The smallest absolute Gasteiger partial charge is 0.253 e. The van der Waals surface area contributed by atoms with E-state index in [9.17, 15) is 4.79 Å². The monoisotopic (exact) mass is 293 g/mol. The van der Waals surface area contributed by atoms with Crippen LogP contribution in [0.5, 0.6) is 0 Å². The van der Waals surface area contributed by atoms with Crippen molar-refractivity contribution < 1.29 is 0 Å². The van der Waals surface area contributed by atoms with Crippen molar-refractivity contribution in [3.8, 4) is 11.4 Å². The summed E-state index contributed by atoms with van der Waals surface area (Å²) in [6.45, 7) is 6.76. The molecule has 0 amide bonds. The average Bonchev–Trinajstić information content (AvgIpc) is 2.79. The molecule has 0 N–H and O–H groups in total. The van der Waals surface area contributed by atoms with Crippen LogP contribution < -0.4 is 5.56 Å². The number of rotatable bonds is 3. The summed E-state index contributed by atoms with van der Waals surface area (Å²) in [4.78, 5) is 12.1. The second kappa shape index (κ2) is 6.31. The van der Waals surface area contributed by atoms with Gasteiger partial charge in [0.1, 0.15) is 5.69 Å². The molecule has 0 bridgehead atoms. The number of pyridine rings is 1. The highest BCUT2D eigenvalue weighted by Crippen LogP contribution is 2.25. The second-order valence-corrected chi connectivity index (χ2v) is 5.44. The first kappa shape index (κ1) is 16.6. The van der Waals surface area contributed by atoms with E-state index in [0.29, 0.717) is 0 Å². The van der Waals surface area contributed by atoms with Gasteiger partial charge in [0.05, 0.1) is 10.7 Å². The summed E-state index contributed by atoms with van der Waals surface area (Å²) in [5, 5.41) is 5.71. The van der Waals surface area contributed by atoms with Gasteiger partial charge in [-0.15, -0.1) is 11.8 Å². The van der Waals surface area contributed by atoms with E-state index < -0.39 is 0 Å². The molecule has 0 spiro atoms. The maximum atomic E-state index is 12.1. The van der Waals surface area contributed by atoms with Crippen molar-refractivity contribution in [2.45, 2.75) is 39.8 Å². The van der Waals surface area contributed by atoms with E-state index >= 15 is 0 Å². The first-order chi connectivity index (χ1) is 8.99. The maximum absolute atomic E-state index is 12.1. The molecule has 0 fully saturated rings. The fourth-order valence-corrected chi connectivity index (χ4v) is 2.98. The molecule has 0 radical (unpaired) electrons. The van der Waals surface area contributed by atoms with Crippen LogP contribution in [0.1, 0.15) is 25.5 Å². The van der Waals surface area contributed by atoms with Gasteiger partial charge in [-0.25, -0.2) is 0 Å². The second-order valence-electron chi connectivity index (χ2n) is 4.61. The van der Waals surface area contributed by atoms with Crippen LogP contribution in [0.4, 0.5) is 0 Å². The number of thioether (sulfide) groups is 1. The lowest BCUT2D eigenvalue weighted by atomic mass is 10.1. The Labute approximate surface area is 124 Å². The predicted octanol–water partition coefficient (Wildman–Crippen LogP) is 3.24. The van der Waals surface area contributed by atoms with Crippen molar-refractivity contribution in [3.05, 3.63) is 33.6 Å². The van der Waals surface area contributed by atoms with Crippen LogP contribution in [0.25, 0.3) is 11.4 Å². The Morgan fingerprint density at radius 2 is 1.90 bits per heavy atom. The highest BCUT2D eigenvalue weighted by Gasteiger charge is 2.14. The first-order valence-electron chi connectivity index (χ1n) is 6.29. The van der Waals surface area contributed by atoms with Crippen LogP contribution in [-0.2, 0) is 13.6 Å². The Balaban J connectivity index is 0.00000200. The van der Waals surface area contributed by atoms with Crippen molar-refractivity contribution in [3.63, 3.8) is 0 Å². The maximum Gasteiger partial charge on any atom is 0.253 e. The minimum Gasteiger partial charge on any atom is -0.309 e. The minimum absolute atomic E-state index is 0. The van der Waals surface area contributed by atoms with Gasteiger partial charge in [0, 0.05) is 19.2 Å². The van der Waals surface area contributed by atoms with Crippen molar-refractivity contribution in [1.82, 2.24) is 14.3 Å². The molecule has 2 aromatic heterocycles. The summed E-state index contributed by atoms with van der Waals surface area (Å²) in [5.74, 6) is 0. The van der Waals surface area contributed by atoms with Gasteiger partial charge >= 0.3 is 0 Å². The zero-order valence-corrected chi connectivity index (χ0v) is 12.8. The number of aryl methyl sites for hydroxylation is 3. The highest BCUT2D eigenvalue weighted by molar-refractivity contribution is 7.98. The van der Waals surface area contributed by atoms with Crippen LogP contribution in [-0.4, -0.2) is 20.6 Å². The molecular formula is C15H23N3OS.